The number of aryl methyl sites for hydroxylation is 1. The van der Waals surface area contributed by atoms with Crippen molar-refractivity contribution in [3.05, 3.63) is 34.3 Å². The number of nitrogens with two attached hydrogens (primary N) is 1. The molecule has 2 N–H and O–H groups in total. The van der Waals surface area contributed by atoms with Gasteiger partial charge in [-0.2, -0.15) is 0 Å². The summed E-state index contributed by atoms with van der Waals surface area (Å²) in [4.78, 5) is 0. The van der Waals surface area contributed by atoms with E-state index in [0.717, 1.165) is 5.02 Å². The van der Waals surface area contributed by atoms with Crippen LogP contribution in [0.5, 0.6) is 0 Å². The van der Waals surface area contributed by atoms with E-state index in [9.17, 15) is 0 Å². The summed E-state index contributed by atoms with van der Waals surface area (Å²) in [5.41, 5.74) is 8.58. The minimum atomic E-state index is 0. The highest BCUT2D eigenvalue weighted by Gasteiger charge is 2.30. The molecule has 1 saturated carbocycles. The largest absolute Gasteiger partial charge is 0.324 e. The van der Waals surface area contributed by atoms with Gasteiger partial charge in [0.15, 0.2) is 0 Å². The van der Waals surface area contributed by atoms with Crippen molar-refractivity contribution in [2.24, 2.45) is 11.7 Å². The summed E-state index contributed by atoms with van der Waals surface area (Å²) in [5, 5.41) is 0.796. The second-order valence-electron chi connectivity index (χ2n) is 3.86. The number of hydrogen-bond acceptors (Lipinski definition) is 1. The van der Waals surface area contributed by atoms with Gasteiger partial charge in [0.25, 0.3) is 0 Å². The second kappa shape index (κ2) is 4.52. The van der Waals surface area contributed by atoms with Crippen molar-refractivity contribution in [1.29, 1.82) is 0 Å². The third-order valence-corrected chi connectivity index (χ3v) is 2.96. The molecule has 0 heterocycles. The molecular weight excluding hydrogens is 217 g/mol. The van der Waals surface area contributed by atoms with Crippen LogP contribution in [0.3, 0.4) is 0 Å². The number of halogens is 2. The van der Waals surface area contributed by atoms with Gasteiger partial charge in [-0.15, -0.1) is 12.4 Å². The Bertz CT molecular complexity index is 321. The lowest BCUT2D eigenvalue weighted by Crippen LogP contribution is -2.13. The van der Waals surface area contributed by atoms with Crippen molar-refractivity contribution in [1.82, 2.24) is 0 Å². The monoisotopic (exact) mass is 231 g/mol. The summed E-state index contributed by atoms with van der Waals surface area (Å²) in [7, 11) is 0. The first-order valence-corrected chi connectivity index (χ1v) is 5.08. The second-order valence-corrected chi connectivity index (χ2v) is 4.30. The van der Waals surface area contributed by atoms with Crippen molar-refractivity contribution in [2.45, 2.75) is 25.8 Å². The Hall–Kier alpha value is -0.240. The summed E-state index contributed by atoms with van der Waals surface area (Å²) in [6.45, 7) is 2.07. The van der Waals surface area contributed by atoms with Crippen LogP contribution in [0.25, 0.3) is 0 Å². The zero-order chi connectivity index (χ0) is 9.42. The Balaban J connectivity index is 0.000000980. The lowest BCUT2D eigenvalue weighted by Gasteiger charge is -2.13. The van der Waals surface area contributed by atoms with E-state index in [4.69, 9.17) is 17.3 Å². The minimum Gasteiger partial charge on any atom is -0.324 e. The summed E-state index contributed by atoms with van der Waals surface area (Å²) >= 11 is 5.88. The van der Waals surface area contributed by atoms with Gasteiger partial charge in [0.2, 0.25) is 0 Å². The predicted octanol–water partition coefficient (Wildman–Crippen LogP) is 3.48. The molecule has 0 unspecified atom stereocenters. The number of hydrogen-bond donors (Lipinski definition) is 1. The molecule has 1 fully saturated rings. The van der Waals surface area contributed by atoms with Crippen LogP contribution < -0.4 is 5.73 Å². The molecule has 1 aromatic rings. The standard InChI is InChI=1S/C11H14ClN.ClH/c1-7-6-9(12)4-5-10(7)11(13)8-2-3-8;/h4-6,8,11H,2-3,13H2,1H3;1H/t11-;/m1./s1. The van der Waals surface area contributed by atoms with Crippen LogP contribution in [0.4, 0.5) is 0 Å². The maximum absolute atomic E-state index is 6.11. The van der Waals surface area contributed by atoms with Gasteiger partial charge in [-0.05, 0) is 48.9 Å². The normalized spacial score (nSPS) is 17.4. The topological polar surface area (TPSA) is 26.0 Å². The zero-order valence-corrected chi connectivity index (χ0v) is 9.74. The van der Waals surface area contributed by atoms with Crippen LogP contribution in [0.15, 0.2) is 18.2 Å². The maximum Gasteiger partial charge on any atom is 0.0408 e. The summed E-state index contributed by atoms with van der Waals surface area (Å²) < 4.78 is 0. The fourth-order valence-corrected chi connectivity index (χ4v) is 1.95. The lowest BCUT2D eigenvalue weighted by molar-refractivity contribution is 0.630. The highest BCUT2D eigenvalue weighted by atomic mass is 35.5. The van der Waals surface area contributed by atoms with E-state index in [0.29, 0.717) is 5.92 Å². The molecule has 0 radical (unpaired) electrons. The van der Waals surface area contributed by atoms with Crippen molar-refractivity contribution in [3.63, 3.8) is 0 Å². The van der Waals surface area contributed by atoms with E-state index in [1.807, 2.05) is 12.1 Å². The summed E-state index contributed by atoms with van der Waals surface area (Å²) in [6, 6.07) is 6.18. The van der Waals surface area contributed by atoms with E-state index in [2.05, 4.69) is 13.0 Å². The van der Waals surface area contributed by atoms with Crippen molar-refractivity contribution in [3.8, 4) is 0 Å². The fourth-order valence-electron chi connectivity index (χ4n) is 1.72. The number of rotatable bonds is 2. The molecule has 78 valence electrons. The molecule has 1 atom stereocenters. The molecule has 0 aromatic heterocycles. The van der Waals surface area contributed by atoms with Gasteiger partial charge in [-0.25, -0.2) is 0 Å². The molecule has 0 saturated heterocycles. The van der Waals surface area contributed by atoms with Gasteiger partial charge in [-0.1, -0.05) is 17.7 Å². The zero-order valence-electron chi connectivity index (χ0n) is 8.16. The smallest absolute Gasteiger partial charge is 0.0408 e. The molecule has 3 heteroatoms. The molecule has 1 aliphatic rings. The lowest BCUT2D eigenvalue weighted by atomic mass is 9.99. The maximum atomic E-state index is 6.11. The predicted molar refractivity (Wildman–Crippen MR) is 63.1 cm³/mol. The van der Waals surface area contributed by atoms with Gasteiger partial charge >= 0.3 is 0 Å². The Morgan fingerprint density at radius 1 is 1.43 bits per heavy atom. The van der Waals surface area contributed by atoms with E-state index in [-0.39, 0.29) is 18.4 Å². The fraction of sp³-hybridized carbons (Fsp3) is 0.455. The Labute approximate surface area is 96.0 Å². The van der Waals surface area contributed by atoms with Gasteiger partial charge in [0, 0.05) is 11.1 Å². The first-order chi connectivity index (χ1) is 6.18. The third kappa shape index (κ3) is 2.41. The van der Waals surface area contributed by atoms with E-state index >= 15 is 0 Å². The van der Waals surface area contributed by atoms with E-state index in [1.54, 1.807) is 0 Å². The van der Waals surface area contributed by atoms with Crippen molar-refractivity contribution >= 4 is 24.0 Å². The average Bonchev–Trinajstić information content (AvgIpc) is 2.85. The minimum absolute atomic E-state index is 0. The van der Waals surface area contributed by atoms with Crippen LogP contribution >= 0.6 is 24.0 Å². The number of benzene rings is 1. The molecule has 0 bridgehead atoms. The van der Waals surface area contributed by atoms with E-state index < -0.39 is 0 Å². The highest BCUT2D eigenvalue weighted by Crippen LogP contribution is 2.40. The van der Waals surface area contributed by atoms with E-state index in [1.165, 1.54) is 24.0 Å². The molecule has 14 heavy (non-hydrogen) atoms. The molecule has 0 amide bonds. The van der Waals surface area contributed by atoms with Crippen molar-refractivity contribution < 1.29 is 0 Å². The molecule has 2 rings (SSSR count). The molecule has 1 nitrogen and oxygen atoms in total. The van der Waals surface area contributed by atoms with Gasteiger partial charge in [0.05, 0.1) is 0 Å². The summed E-state index contributed by atoms with van der Waals surface area (Å²) in [6.07, 6.45) is 2.56. The van der Waals surface area contributed by atoms with Gasteiger partial charge in [-0.3, -0.25) is 0 Å². The molecule has 1 aromatic carbocycles. The first kappa shape index (κ1) is 11.8. The first-order valence-electron chi connectivity index (χ1n) is 4.70. The Morgan fingerprint density at radius 3 is 2.57 bits per heavy atom. The molecule has 0 spiro atoms. The van der Waals surface area contributed by atoms with Crippen LogP contribution in [-0.2, 0) is 0 Å². The van der Waals surface area contributed by atoms with Gasteiger partial charge in [0.1, 0.15) is 0 Å². The van der Waals surface area contributed by atoms with Crippen LogP contribution in [0.2, 0.25) is 5.02 Å². The summed E-state index contributed by atoms with van der Waals surface area (Å²) in [5.74, 6) is 0.708. The quantitative estimate of drug-likeness (QED) is 0.829. The average molecular weight is 232 g/mol. The molecule has 0 aliphatic heterocycles. The van der Waals surface area contributed by atoms with Crippen LogP contribution in [0.1, 0.15) is 30.0 Å². The Kier molecular flexibility index (Phi) is 3.82. The van der Waals surface area contributed by atoms with Crippen LogP contribution in [-0.4, -0.2) is 0 Å². The third-order valence-electron chi connectivity index (χ3n) is 2.72. The van der Waals surface area contributed by atoms with Crippen molar-refractivity contribution in [2.75, 3.05) is 0 Å². The molecular formula is C11H15Cl2N. The van der Waals surface area contributed by atoms with Gasteiger partial charge < -0.3 is 5.73 Å². The highest BCUT2D eigenvalue weighted by molar-refractivity contribution is 6.30. The SMILES string of the molecule is Cc1cc(Cl)ccc1[C@H](N)C1CC1.Cl. The molecule has 1 aliphatic carbocycles. The Morgan fingerprint density at radius 2 is 2.07 bits per heavy atom. The van der Waals surface area contributed by atoms with Crippen LogP contribution in [0, 0.1) is 12.8 Å².